The average Bonchev–Trinajstić information content (AvgIpc) is 3.00. The molecule has 1 amide bonds. The number of ether oxygens (including phenoxy) is 1. The van der Waals surface area contributed by atoms with E-state index in [0.29, 0.717) is 6.42 Å². The second-order valence-corrected chi connectivity index (χ2v) is 13.3. The van der Waals surface area contributed by atoms with Gasteiger partial charge in [-0.1, -0.05) is 122 Å². The first-order valence-electron chi connectivity index (χ1n) is 17.7. The summed E-state index contributed by atoms with van der Waals surface area (Å²) in [5.74, 6) is -0.534. The number of amides is 1. The Morgan fingerprint density at radius 2 is 1.16 bits per heavy atom. The van der Waals surface area contributed by atoms with Crippen LogP contribution in [0, 0.1) is 0 Å². The molecule has 0 saturated carbocycles. The van der Waals surface area contributed by atoms with Gasteiger partial charge in [-0.25, -0.2) is 4.57 Å². The molecule has 0 fully saturated rings. The molecule has 3 N–H and O–H groups in total. The first-order chi connectivity index (χ1) is 21.3. The van der Waals surface area contributed by atoms with Crippen LogP contribution in [0.4, 0.5) is 0 Å². The maximum atomic E-state index is 11.9. The number of phosphoric acid groups is 1. The molecule has 44 heavy (non-hydrogen) atoms. The molecule has 0 aromatic heterocycles. The fourth-order valence-corrected chi connectivity index (χ4v) is 5.48. The number of esters is 1. The predicted octanol–water partition coefficient (Wildman–Crippen LogP) is 8.71. The van der Waals surface area contributed by atoms with Crippen molar-refractivity contribution in [3.05, 3.63) is 12.2 Å². The largest absolute Gasteiger partial charge is 0.472 e. The lowest BCUT2D eigenvalue weighted by Gasteiger charge is -2.15. The van der Waals surface area contributed by atoms with Crippen molar-refractivity contribution >= 4 is 19.7 Å². The van der Waals surface area contributed by atoms with E-state index in [-0.39, 0.29) is 32.1 Å². The van der Waals surface area contributed by atoms with Crippen LogP contribution in [0.2, 0.25) is 0 Å². The minimum atomic E-state index is -4.39. The van der Waals surface area contributed by atoms with E-state index in [1.165, 1.54) is 89.9 Å². The monoisotopic (exact) mass is 647 g/mol. The summed E-state index contributed by atoms with van der Waals surface area (Å²) < 4.78 is 26.5. The van der Waals surface area contributed by atoms with Gasteiger partial charge >= 0.3 is 13.8 Å². The number of carbonyl (C=O) groups excluding carboxylic acids is 2. The summed E-state index contributed by atoms with van der Waals surface area (Å²) in [5, 5.41) is 12.5. The van der Waals surface area contributed by atoms with Crippen molar-refractivity contribution in [1.29, 1.82) is 0 Å². The summed E-state index contributed by atoms with van der Waals surface area (Å²) in [7, 11) is -4.39. The highest BCUT2D eigenvalue weighted by molar-refractivity contribution is 7.47. The van der Waals surface area contributed by atoms with Crippen molar-refractivity contribution in [2.24, 2.45) is 0 Å². The smallest absolute Gasteiger partial charge is 0.463 e. The molecule has 260 valence electrons. The lowest BCUT2D eigenvalue weighted by atomic mass is 10.1. The third kappa shape index (κ3) is 32.2. The normalized spacial score (nSPS) is 13.6. The summed E-state index contributed by atoms with van der Waals surface area (Å²) in [6.07, 6.45) is 29.1. The van der Waals surface area contributed by atoms with Crippen LogP contribution in [-0.4, -0.2) is 54.3 Å². The first-order valence-corrected chi connectivity index (χ1v) is 19.2. The average molecular weight is 648 g/mol. The number of hydrogen-bond acceptors (Lipinski definition) is 7. The summed E-state index contributed by atoms with van der Waals surface area (Å²) in [4.78, 5) is 33.3. The summed E-state index contributed by atoms with van der Waals surface area (Å²) in [6, 6.07) is 0. The number of aliphatic hydroxyl groups excluding tert-OH is 1. The van der Waals surface area contributed by atoms with Gasteiger partial charge in [-0.15, -0.1) is 0 Å². The number of hydrogen-bond donors (Lipinski definition) is 3. The van der Waals surface area contributed by atoms with Crippen molar-refractivity contribution in [3.8, 4) is 0 Å². The summed E-state index contributed by atoms with van der Waals surface area (Å²) >= 11 is 0. The Morgan fingerprint density at radius 3 is 1.73 bits per heavy atom. The molecule has 2 unspecified atom stereocenters. The molecule has 0 radical (unpaired) electrons. The van der Waals surface area contributed by atoms with Crippen LogP contribution in [0.5, 0.6) is 0 Å². The Balaban J connectivity index is 3.56. The third-order valence-corrected chi connectivity index (χ3v) is 8.43. The Hall–Kier alpha value is -1.25. The lowest BCUT2D eigenvalue weighted by Crippen LogP contribution is -2.27. The van der Waals surface area contributed by atoms with Crippen LogP contribution in [-0.2, 0) is 27.9 Å². The van der Waals surface area contributed by atoms with Gasteiger partial charge < -0.3 is 20.1 Å². The number of aliphatic hydroxyl groups is 1. The highest BCUT2D eigenvalue weighted by atomic mass is 31.2. The molecule has 0 aliphatic heterocycles. The molecule has 0 aliphatic carbocycles. The summed E-state index contributed by atoms with van der Waals surface area (Å²) in [5.41, 5.74) is 0. The maximum Gasteiger partial charge on any atom is 0.472 e. The second-order valence-electron chi connectivity index (χ2n) is 11.8. The van der Waals surface area contributed by atoms with Crippen LogP contribution >= 0.6 is 7.82 Å². The molecule has 0 bridgehead atoms. The molecule has 0 heterocycles. The number of unbranched alkanes of at least 4 members (excludes halogenated alkanes) is 18. The van der Waals surface area contributed by atoms with Gasteiger partial charge in [0, 0.05) is 19.4 Å². The van der Waals surface area contributed by atoms with Crippen LogP contribution < -0.4 is 5.32 Å². The zero-order valence-corrected chi connectivity index (χ0v) is 29.0. The first kappa shape index (κ1) is 42.8. The molecular formula is C34H66NO8P. The van der Waals surface area contributed by atoms with Crippen molar-refractivity contribution in [3.63, 3.8) is 0 Å². The summed E-state index contributed by atoms with van der Waals surface area (Å²) in [6.45, 7) is 3.41. The minimum Gasteiger partial charge on any atom is -0.463 e. The van der Waals surface area contributed by atoms with Gasteiger partial charge in [0.1, 0.15) is 12.7 Å². The standard InChI is InChI=1S/C34H66NO8P/c1-3-5-7-9-10-11-12-13-14-15-16-17-18-19-20-21-22-23-25-27-34(38)41-30-32(36)31-43-44(39,40)42-29-28-35-33(37)26-24-8-6-4-2/h13-14,32,36H,3-12,15-31H2,1-2H3,(H,35,37)(H,39,40)/b14-13+. The molecule has 2 atom stereocenters. The van der Waals surface area contributed by atoms with Crippen molar-refractivity contribution in [2.45, 2.75) is 168 Å². The van der Waals surface area contributed by atoms with Gasteiger partial charge in [0.25, 0.3) is 0 Å². The molecule has 0 aromatic carbocycles. The fraction of sp³-hybridized carbons (Fsp3) is 0.882. The van der Waals surface area contributed by atoms with Crippen molar-refractivity contribution < 1.29 is 37.9 Å². The molecule has 9 nitrogen and oxygen atoms in total. The molecular weight excluding hydrogens is 581 g/mol. The highest BCUT2D eigenvalue weighted by Crippen LogP contribution is 2.42. The quantitative estimate of drug-likeness (QED) is 0.0279. The van der Waals surface area contributed by atoms with Gasteiger partial charge in [0.2, 0.25) is 5.91 Å². The van der Waals surface area contributed by atoms with E-state index < -0.39 is 26.5 Å². The molecule has 0 spiro atoms. The Kier molecular flexibility index (Phi) is 30.8. The number of allylic oxidation sites excluding steroid dienone is 2. The van der Waals surface area contributed by atoms with Crippen LogP contribution in [0.25, 0.3) is 0 Å². The van der Waals surface area contributed by atoms with Gasteiger partial charge in [-0.2, -0.15) is 0 Å². The van der Waals surface area contributed by atoms with Crippen LogP contribution in [0.15, 0.2) is 12.2 Å². The van der Waals surface area contributed by atoms with Gasteiger partial charge in [-0.05, 0) is 38.5 Å². The number of carbonyl (C=O) groups is 2. The highest BCUT2D eigenvalue weighted by Gasteiger charge is 2.23. The van der Waals surface area contributed by atoms with E-state index in [1.54, 1.807) is 0 Å². The number of nitrogens with one attached hydrogen (secondary N) is 1. The number of rotatable bonds is 33. The molecule has 0 rings (SSSR count). The SMILES string of the molecule is CCCCCCCC/C=C/CCCCCCCCCCCC(=O)OCC(O)COP(=O)(O)OCCNC(=O)CCCCCC. The van der Waals surface area contributed by atoms with Gasteiger partial charge in [0.05, 0.1) is 13.2 Å². The van der Waals surface area contributed by atoms with E-state index in [1.807, 2.05) is 0 Å². The van der Waals surface area contributed by atoms with E-state index >= 15 is 0 Å². The third-order valence-electron chi connectivity index (χ3n) is 7.45. The molecule has 0 aromatic rings. The molecule has 0 aliphatic rings. The molecule has 0 saturated heterocycles. The number of phosphoric ester groups is 1. The lowest BCUT2D eigenvalue weighted by molar-refractivity contribution is -0.147. The Labute approximate surface area is 268 Å². The van der Waals surface area contributed by atoms with Crippen LogP contribution in [0.1, 0.15) is 162 Å². The Morgan fingerprint density at radius 1 is 0.682 bits per heavy atom. The van der Waals surface area contributed by atoms with Crippen LogP contribution in [0.3, 0.4) is 0 Å². The molecule has 10 heteroatoms. The topological polar surface area (TPSA) is 131 Å². The van der Waals surface area contributed by atoms with E-state index in [0.717, 1.165) is 44.9 Å². The van der Waals surface area contributed by atoms with Gasteiger partial charge in [0.15, 0.2) is 0 Å². The van der Waals surface area contributed by atoms with Gasteiger partial charge in [-0.3, -0.25) is 18.6 Å². The van der Waals surface area contributed by atoms with Crippen molar-refractivity contribution in [2.75, 3.05) is 26.4 Å². The van der Waals surface area contributed by atoms with E-state index in [2.05, 4.69) is 31.3 Å². The fourth-order valence-electron chi connectivity index (χ4n) is 4.73. The zero-order valence-electron chi connectivity index (χ0n) is 28.1. The van der Waals surface area contributed by atoms with E-state index in [9.17, 15) is 24.2 Å². The zero-order chi connectivity index (χ0) is 32.6. The minimum absolute atomic E-state index is 0.0815. The second kappa shape index (κ2) is 31.7. The van der Waals surface area contributed by atoms with E-state index in [4.69, 9.17) is 13.8 Å². The van der Waals surface area contributed by atoms with Crippen molar-refractivity contribution in [1.82, 2.24) is 5.32 Å². The maximum absolute atomic E-state index is 11.9. The predicted molar refractivity (Wildman–Crippen MR) is 178 cm³/mol. The Bertz CT molecular complexity index is 749.